The van der Waals surface area contributed by atoms with Crippen molar-refractivity contribution in [1.82, 2.24) is 39.0 Å². The molecule has 0 amide bonds. The maximum atomic E-state index is 15.9. The summed E-state index contributed by atoms with van der Waals surface area (Å²) in [6, 6.07) is 0. The van der Waals surface area contributed by atoms with Gasteiger partial charge in [0.15, 0.2) is 47.4 Å². The molecule has 0 bridgehead atoms. The molecule has 5 N–H and O–H groups in total. The SMILES string of the molecule is Nc1nc2c(ncn2[C@@H]2O[C@@H]3CO[P@@](=O)(S)O[C@@H]4C(CO[PH](=O)O[C@H]3[C@H]2F)O[C@@H](n2cnc3c(N)ncnc32)[C@@H]4F)c(=O)[nH]1. The highest BCUT2D eigenvalue weighted by molar-refractivity contribution is 8.44. The number of hydrogen-bond acceptors (Lipinski definition) is 16. The fourth-order valence-electron chi connectivity index (χ4n) is 5.20. The van der Waals surface area contributed by atoms with E-state index in [1.54, 1.807) is 0 Å². The van der Waals surface area contributed by atoms with Crippen molar-refractivity contribution in [3.63, 3.8) is 0 Å². The average molecular weight is 678 g/mol. The number of halogens is 2. The molecule has 10 atom stereocenters. The van der Waals surface area contributed by atoms with Crippen molar-refractivity contribution >= 4 is 61.4 Å². The number of nitrogen functional groups attached to an aromatic ring is 2. The summed E-state index contributed by atoms with van der Waals surface area (Å²) < 4.78 is 93.3. The van der Waals surface area contributed by atoms with Crippen molar-refractivity contribution in [3.8, 4) is 0 Å². The Bertz CT molecular complexity index is 1880. The molecule has 24 heteroatoms. The molecule has 3 aliphatic heterocycles. The lowest BCUT2D eigenvalue weighted by Crippen LogP contribution is -2.36. The van der Waals surface area contributed by atoms with Crippen LogP contribution in [0.5, 0.6) is 0 Å². The van der Waals surface area contributed by atoms with Crippen LogP contribution in [0.4, 0.5) is 20.5 Å². The molecule has 19 nitrogen and oxygen atoms in total. The normalized spacial score (nSPS) is 36.6. The average Bonchev–Trinajstić information content (AvgIpc) is 3.72. The van der Waals surface area contributed by atoms with Crippen LogP contribution in [0.3, 0.4) is 0 Å². The number of thiol groups is 1. The molecular formula is C20H22F2N10O9P2S. The lowest BCUT2D eigenvalue weighted by molar-refractivity contribution is -0.0539. The second-order valence-corrected chi connectivity index (χ2v) is 13.8. The molecule has 0 aromatic carbocycles. The van der Waals surface area contributed by atoms with Crippen LogP contribution in [0.2, 0.25) is 0 Å². The van der Waals surface area contributed by atoms with E-state index in [-0.39, 0.29) is 34.1 Å². The summed E-state index contributed by atoms with van der Waals surface area (Å²) in [5, 5.41) is 0. The molecule has 2 unspecified atom stereocenters. The van der Waals surface area contributed by atoms with E-state index < -0.39 is 83.0 Å². The van der Waals surface area contributed by atoms with Gasteiger partial charge in [-0.25, -0.2) is 33.3 Å². The molecule has 3 saturated heterocycles. The second-order valence-electron chi connectivity index (χ2n) is 9.86. The lowest BCUT2D eigenvalue weighted by atomic mass is 10.1. The molecule has 4 aromatic rings. The fourth-order valence-corrected chi connectivity index (χ4v) is 7.56. The van der Waals surface area contributed by atoms with E-state index in [1.165, 1.54) is 10.9 Å². The number of nitrogens with one attached hydrogen (secondary N) is 1. The van der Waals surface area contributed by atoms with Gasteiger partial charge in [0.1, 0.15) is 36.3 Å². The quantitative estimate of drug-likeness (QED) is 0.169. The zero-order valence-corrected chi connectivity index (χ0v) is 24.7. The maximum absolute atomic E-state index is 15.9. The van der Waals surface area contributed by atoms with Crippen LogP contribution in [0.25, 0.3) is 22.3 Å². The van der Waals surface area contributed by atoms with Gasteiger partial charge in [-0.1, -0.05) is 12.2 Å². The van der Waals surface area contributed by atoms with E-state index in [4.69, 9.17) is 39.0 Å². The minimum atomic E-state index is -4.39. The number of alkyl halides is 2. The first-order chi connectivity index (χ1) is 21.0. The van der Waals surface area contributed by atoms with Gasteiger partial charge in [-0.3, -0.25) is 32.5 Å². The van der Waals surface area contributed by atoms with Crippen molar-refractivity contribution in [2.75, 3.05) is 24.7 Å². The molecule has 4 aromatic heterocycles. The number of nitrogens with two attached hydrogens (primary N) is 2. The van der Waals surface area contributed by atoms with E-state index in [2.05, 4.69) is 42.2 Å². The topological polar surface area (TPSA) is 249 Å². The van der Waals surface area contributed by atoms with E-state index in [0.717, 1.165) is 17.2 Å². The van der Waals surface area contributed by atoms with E-state index in [9.17, 15) is 13.9 Å². The molecular weight excluding hydrogens is 656 g/mol. The molecule has 3 fully saturated rings. The van der Waals surface area contributed by atoms with Gasteiger partial charge >= 0.3 is 15.1 Å². The third-order valence-corrected chi connectivity index (χ3v) is 9.66. The molecule has 3 aliphatic rings. The number of nitrogens with zero attached hydrogens (tertiary/aromatic N) is 7. The van der Waals surface area contributed by atoms with Gasteiger partial charge in [0.2, 0.25) is 5.95 Å². The number of rotatable bonds is 2. The fraction of sp³-hybridized carbons (Fsp3) is 0.500. The minimum Gasteiger partial charge on any atom is -0.382 e. The molecule has 0 aliphatic carbocycles. The number of ether oxygens (including phenoxy) is 2. The lowest BCUT2D eigenvalue weighted by Gasteiger charge is -2.26. The van der Waals surface area contributed by atoms with Gasteiger partial charge in [-0.15, -0.1) is 0 Å². The Balaban J connectivity index is 1.15. The van der Waals surface area contributed by atoms with Crippen molar-refractivity contribution in [2.45, 2.75) is 49.2 Å². The Labute approximate surface area is 249 Å². The predicted molar refractivity (Wildman–Crippen MR) is 147 cm³/mol. The van der Waals surface area contributed by atoms with Crippen LogP contribution in [0, 0.1) is 0 Å². The van der Waals surface area contributed by atoms with Gasteiger partial charge in [-0.2, -0.15) is 4.98 Å². The highest BCUT2D eigenvalue weighted by Gasteiger charge is 2.53. The van der Waals surface area contributed by atoms with Crippen LogP contribution in [0.15, 0.2) is 23.8 Å². The monoisotopic (exact) mass is 678 g/mol. The van der Waals surface area contributed by atoms with Crippen LogP contribution in [-0.4, -0.2) is 89.0 Å². The maximum Gasteiger partial charge on any atom is 0.386 e. The summed E-state index contributed by atoms with van der Waals surface area (Å²) >= 11 is 3.97. The van der Waals surface area contributed by atoms with Crippen LogP contribution < -0.4 is 17.0 Å². The third-order valence-electron chi connectivity index (χ3n) is 7.17. The van der Waals surface area contributed by atoms with E-state index in [0.29, 0.717) is 0 Å². The summed E-state index contributed by atoms with van der Waals surface area (Å²) in [4.78, 5) is 34.4. The summed E-state index contributed by atoms with van der Waals surface area (Å²) in [5.74, 6) is -0.205. The smallest absolute Gasteiger partial charge is 0.382 e. The molecule has 7 heterocycles. The first kappa shape index (κ1) is 29.6. The highest BCUT2D eigenvalue weighted by atomic mass is 32.7. The van der Waals surface area contributed by atoms with Gasteiger partial charge < -0.3 is 30.0 Å². The second kappa shape index (κ2) is 11.1. The highest BCUT2D eigenvalue weighted by Crippen LogP contribution is 2.57. The minimum absolute atomic E-state index is 0.0497. The summed E-state index contributed by atoms with van der Waals surface area (Å²) in [6.07, 6.45) is -9.41. The number of anilines is 2. The number of aromatic amines is 1. The largest absolute Gasteiger partial charge is 0.386 e. The molecule has 0 saturated carbocycles. The first-order valence-corrected chi connectivity index (χ1v) is 16.7. The Kier molecular flexibility index (Phi) is 7.46. The Morgan fingerprint density at radius 1 is 0.977 bits per heavy atom. The Morgan fingerprint density at radius 2 is 1.64 bits per heavy atom. The van der Waals surface area contributed by atoms with Crippen molar-refractivity contribution in [3.05, 3.63) is 29.3 Å². The number of imidazole rings is 2. The zero-order chi connectivity index (χ0) is 30.9. The Hall–Kier alpha value is -3.07. The summed E-state index contributed by atoms with van der Waals surface area (Å²) in [5.41, 5.74) is 10.9. The van der Waals surface area contributed by atoms with Crippen molar-refractivity contribution in [2.24, 2.45) is 0 Å². The molecule has 0 radical (unpaired) electrons. The van der Waals surface area contributed by atoms with Gasteiger partial charge in [0.25, 0.3) is 5.56 Å². The summed E-state index contributed by atoms with van der Waals surface area (Å²) in [6.45, 7) is -5.65. The predicted octanol–water partition coefficient (Wildman–Crippen LogP) is 0.840. The van der Waals surface area contributed by atoms with Gasteiger partial charge in [0.05, 0.1) is 25.9 Å². The Morgan fingerprint density at radius 3 is 2.39 bits per heavy atom. The molecule has 0 spiro atoms. The zero-order valence-electron chi connectivity index (χ0n) is 21.9. The third kappa shape index (κ3) is 5.09. The number of H-pyrrole nitrogens is 1. The van der Waals surface area contributed by atoms with Crippen molar-refractivity contribution < 1.29 is 45.5 Å². The van der Waals surface area contributed by atoms with Crippen molar-refractivity contribution in [1.29, 1.82) is 0 Å². The molecule has 7 rings (SSSR count). The molecule has 44 heavy (non-hydrogen) atoms. The van der Waals surface area contributed by atoms with Gasteiger partial charge in [-0.05, 0) is 0 Å². The first-order valence-electron chi connectivity index (χ1n) is 12.7. The standard InChI is InChI=1S/C20H22F2N10O9P2S/c21-8-12-7(39-18(8)32-5-28-11-16(32)29-20(24)30-17(11)33)2-37-43(35,44)41-13-6(1-36-42(34)40-12)38-19(9(13)22)31-4-27-10-14(23)25-3-26-15(10)31/h3-9,12-13,18-19,42H,1-2H2,(H,35,44)(H2,23,25,26)(H3,24,29,30,33)/t6?,7-,8-,9-,12-,13-,18-,19-,43-/m1/s1. The summed E-state index contributed by atoms with van der Waals surface area (Å²) in [7, 11) is -3.49. The van der Waals surface area contributed by atoms with Crippen LogP contribution >= 0.6 is 27.3 Å². The van der Waals surface area contributed by atoms with Gasteiger partial charge in [0, 0.05) is 0 Å². The number of hydrogen-bond donors (Lipinski definition) is 4. The van der Waals surface area contributed by atoms with Crippen LogP contribution in [-0.2, 0) is 36.7 Å². The van der Waals surface area contributed by atoms with E-state index in [1.807, 2.05) is 0 Å². The van der Waals surface area contributed by atoms with E-state index >= 15 is 8.78 Å². The molecule has 236 valence electrons. The number of fused-ring (bicyclic) bond motifs is 4. The number of aromatic nitrogens is 8. The van der Waals surface area contributed by atoms with Crippen LogP contribution in [0.1, 0.15) is 12.5 Å².